The minimum absolute atomic E-state index is 0.0535. The van der Waals surface area contributed by atoms with E-state index in [1.54, 1.807) is 13.0 Å². The number of nitrogens with two attached hydrogens (primary N) is 1. The predicted octanol–water partition coefficient (Wildman–Crippen LogP) is 0.426. The lowest BCUT2D eigenvalue weighted by Crippen LogP contribution is -2.41. The first kappa shape index (κ1) is 11.8. The summed E-state index contributed by atoms with van der Waals surface area (Å²) in [6.45, 7) is 5.27. The van der Waals surface area contributed by atoms with Crippen molar-refractivity contribution >= 4 is 15.6 Å². The van der Waals surface area contributed by atoms with Gasteiger partial charge in [-0.1, -0.05) is 6.08 Å². The van der Waals surface area contributed by atoms with Gasteiger partial charge in [0, 0.05) is 5.92 Å². The van der Waals surface area contributed by atoms with Gasteiger partial charge in [0.1, 0.15) is 5.75 Å². The molecule has 0 aliphatic heterocycles. The number of rotatable bonds is 5. The highest BCUT2D eigenvalue weighted by atomic mass is 32.2. The summed E-state index contributed by atoms with van der Waals surface area (Å²) in [5.74, 6) is -0.822. The molecule has 0 spiro atoms. The second-order valence-corrected chi connectivity index (χ2v) is 7.72. The van der Waals surface area contributed by atoms with E-state index in [9.17, 15) is 13.2 Å². The average molecular weight is 243 g/mol. The Morgan fingerprint density at radius 1 is 1.56 bits per heavy atom. The largest absolute Gasteiger partial charge is 0.318 e. The molecule has 90 valence electrons. The highest BCUT2D eigenvalue weighted by Gasteiger charge is 2.58. The van der Waals surface area contributed by atoms with Gasteiger partial charge in [0.05, 0.1) is 10.3 Å². The summed E-state index contributed by atoms with van der Waals surface area (Å²) in [6.07, 6.45) is 3.47. The molecule has 5 heteroatoms. The molecule has 0 amide bonds. The molecule has 2 aliphatic carbocycles. The van der Waals surface area contributed by atoms with Crippen LogP contribution in [0.5, 0.6) is 0 Å². The zero-order valence-corrected chi connectivity index (χ0v) is 10.2. The zero-order chi connectivity index (χ0) is 12.2. The molecule has 0 aromatic rings. The van der Waals surface area contributed by atoms with Crippen LogP contribution in [0.3, 0.4) is 0 Å². The van der Waals surface area contributed by atoms with Gasteiger partial charge in [-0.2, -0.15) is 0 Å². The number of carbonyl (C=O) groups excluding carboxylic acids is 1. The van der Waals surface area contributed by atoms with Crippen molar-refractivity contribution in [3.8, 4) is 0 Å². The van der Waals surface area contributed by atoms with Crippen LogP contribution >= 0.6 is 0 Å². The second-order valence-electron chi connectivity index (χ2n) is 5.22. The van der Waals surface area contributed by atoms with Crippen molar-refractivity contribution in [2.75, 3.05) is 5.75 Å². The Balaban J connectivity index is 2.07. The fourth-order valence-electron chi connectivity index (χ4n) is 1.89. The summed E-state index contributed by atoms with van der Waals surface area (Å²) >= 11 is 0. The van der Waals surface area contributed by atoms with Gasteiger partial charge in [0.15, 0.2) is 15.6 Å². The lowest BCUT2D eigenvalue weighted by atomic mass is 10.1. The lowest BCUT2D eigenvalue weighted by Gasteiger charge is -2.13. The van der Waals surface area contributed by atoms with Crippen LogP contribution in [0.2, 0.25) is 0 Å². The van der Waals surface area contributed by atoms with E-state index >= 15 is 0 Å². The smallest absolute Gasteiger partial charge is 0.168 e. The first-order chi connectivity index (χ1) is 7.25. The minimum Gasteiger partial charge on any atom is -0.318 e. The monoisotopic (exact) mass is 243 g/mol. The third-order valence-corrected chi connectivity index (χ3v) is 6.44. The molecule has 2 fully saturated rings. The lowest BCUT2D eigenvalue weighted by molar-refractivity contribution is -0.118. The van der Waals surface area contributed by atoms with E-state index < -0.39 is 25.9 Å². The van der Waals surface area contributed by atoms with Crippen molar-refractivity contribution in [1.29, 1.82) is 0 Å². The topological polar surface area (TPSA) is 77.2 Å². The van der Waals surface area contributed by atoms with E-state index in [-0.39, 0.29) is 11.7 Å². The molecule has 0 bridgehead atoms. The van der Waals surface area contributed by atoms with Crippen LogP contribution in [0.4, 0.5) is 0 Å². The predicted molar refractivity (Wildman–Crippen MR) is 61.7 cm³/mol. The average Bonchev–Trinajstić information content (AvgIpc) is 3.04. The molecule has 16 heavy (non-hydrogen) atoms. The Morgan fingerprint density at radius 3 is 2.50 bits per heavy atom. The van der Waals surface area contributed by atoms with Gasteiger partial charge in [0.25, 0.3) is 0 Å². The van der Waals surface area contributed by atoms with E-state index in [0.717, 1.165) is 0 Å². The van der Waals surface area contributed by atoms with Gasteiger partial charge in [-0.3, -0.25) is 4.79 Å². The van der Waals surface area contributed by atoms with Gasteiger partial charge < -0.3 is 5.73 Å². The molecule has 2 atom stereocenters. The zero-order valence-electron chi connectivity index (χ0n) is 9.40. The number of hydrogen-bond donors (Lipinski definition) is 1. The first-order valence-electron chi connectivity index (χ1n) is 5.42. The summed E-state index contributed by atoms with van der Waals surface area (Å²) in [4.78, 5) is 11.8. The molecular formula is C11H17NO3S. The third kappa shape index (κ3) is 1.62. The molecule has 2 N–H and O–H groups in total. The van der Waals surface area contributed by atoms with E-state index in [4.69, 9.17) is 5.73 Å². The summed E-state index contributed by atoms with van der Waals surface area (Å²) in [5.41, 5.74) is 4.87. The highest BCUT2D eigenvalue weighted by Crippen LogP contribution is 2.46. The second kappa shape index (κ2) is 3.17. The SMILES string of the molecule is C=C[C@@H]1C[C@]1(N)C(=O)CS(=O)(=O)C1(C)CC1. The standard InChI is InChI=1S/C11H17NO3S/c1-3-8-6-11(8,12)9(13)7-16(14,15)10(2)4-5-10/h3,8H,1,4-7,12H2,2H3/t8-,11-/m1/s1. The Hall–Kier alpha value is -0.680. The molecular weight excluding hydrogens is 226 g/mol. The number of ketones is 1. The van der Waals surface area contributed by atoms with Gasteiger partial charge in [-0.15, -0.1) is 6.58 Å². The fraction of sp³-hybridized carbons (Fsp3) is 0.727. The summed E-state index contributed by atoms with van der Waals surface area (Å²) in [5, 5.41) is 0. The summed E-state index contributed by atoms with van der Waals surface area (Å²) < 4.78 is 23.1. The van der Waals surface area contributed by atoms with Crippen LogP contribution in [0.15, 0.2) is 12.7 Å². The fourth-order valence-corrected chi connectivity index (χ4v) is 3.57. The number of sulfone groups is 1. The van der Waals surface area contributed by atoms with Crippen molar-refractivity contribution in [2.24, 2.45) is 11.7 Å². The normalized spacial score (nSPS) is 35.5. The molecule has 2 aliphatic rings. The van der Waals surface area contributed by atoms with Crippen molar-refractivity contribution < 1.29 is 13.2 Å². The Kier molecular flexibility index (Phi) is 2.34. The third-order valence-electron chi connectivity index (χ3n) is 3.89. The Bertz CT molecular complexity index is 450. The van der Waals surface area contributed by atoms with Gasteiger partial charge in [-0.05, 0) is 26.2 Å². The number of Topliss-reactive ketones (excluding diaryl/α,β-unsaturated/α-hetero) is 1. The molecule has 4 nitrogen and oxygen atoms in total. The van der Waals surface area contributed by atoms with Crippen molar-refractivity contribution in [2.45, 2.75) is 36.5 Å². The molecule has 0 saturated heterocycles. The van der Waals surface area contributed by atoms with Crippen LogP contribution in [0, 0.1) is 5.92 Å². The van der Waals surface area contributed by atoms with Crippen LogP contribution in [-0.2, 0) is 14.6 Å². The van der Waals surface area contributed by atoms with E-state index in [1.807, 2.05) is 0 Å². The van der Waals surface area contributed by atoms with Crippen LogP contribution in [0.25, 0.3) is 0 Å². The maximum Gasteiger partial charge on any atom is 0.168 e. The van der Waals surface area contributed by atoms with Gasteiger partial charge >= 0.3 is 0 Å². The van der Waals surface area contributed by atoms with E-state index in [1.165, 1.54) is 0 Å². The van der Waals surface area contributed by atoms with Gasteiger partial charge in [0.2, 0.25) is 0 Å². The molecule has 0 aromatic heterocycles. The molecule has 0 heterocycles. The van der Waals surface area contributed by atoms with Gasteiger partial charge in [-0.25, -0.2) is 8.42 Å². The Labute approximate surface area is 95.8 Å². The maximum atomic E-state index is 11.9. The molecule has 0 aromatic carbocycles. The van der Waals surface area contributed by atoms with Crippen LogP contribution in [-0.4, -0.2) is 30.2 Å². The maximum absolute atomic E-state index is 11.9. The summed E-state index contributed by atoms with van der Waals surface area (Å²) in [6, 6.07) is 0. The molecule has 2 rings (SSSR count). The van der Waals surface area contributed by atoms with Crippen molar-refractivity contribution in [3.05, 3.63) is 12.7 Å². The number of carbonyl (C=O) groups is 1. The van der Waals surface area contributed by atoms with Crippen LogP contribution < -0.4 is 5.73 Å². The van der Waals surface area contributed by atoms with E-state index in [0.29, 0.717) is 19.3 Å². The van der Waals surface area contributed by atoms with Crippen molar-refractivity contribution in [1.82, 2.24) is 0 Å². The minimum atomic E-state index is -3.32. The first-order valence-corrected chi connectivity index (χ1v) is 7.07. The number of hydrogen-bond acceptors (Lipinski definition) is 4. The summed E-state index contributed by atoms with van der Waals surface area (Å²) in [7, 11) is -3.32. The molecule has 0 unspecified atom stereocenters. The van der Waals surface area contributed by atoms with Crippen molar-refractivity contribution in [3.63, 3.8) is 0 Å². The Morgan fingerprint density at radius 2 is 2.12 bits per heavy atom. The quantitative estimate of drug-likeness (QED) is 0.710. The highest BCUT2D eigenvalue weighted by molar-refractivity contribution is 7.93. The molecule has 2 saturated carbocycles. The van der Waals surface area contributed by atoms with E-state index in [2.05, 4.69) is 6.58 Å². The van der Waals surface area contributed by atoms with Crippen LogP contribution in [0.1, 0.15) is 26.2 Å². The molecule has 0 radical (unpaired) electrons.